The minimum atomic E-state index is -2.70. The number of hydrogen-bond acceptors (Lipinski definition) is 9. The second kappa shape index (κ2) is 8.57. The summed E-state index contributed by atoms with van der Waals surface area (Å²) in [7, 11) is 3.13. The summed E-state index contributed by atoms with van der Waals surface area (Å²) in [5, 5.41) is 22.2. The molecule has 1 amide bonds. The Bertz CT molecular complexity index is 1190. The predicted octanol–water partition coefficient (Wildman–Crippen LogP) is -0.239. The van der Waals surface area contributed by atoms with Gasteiger partial charge in [-0.25, -0.2) is 0 Å². The van der Waals surface area contributed by atoms with Crippen LogP contribution in [0.3, 0.4) is 0 Å². The molecule has 6 atom stereocenters. The van der Waals surface area contributed by atoms with Gasteiger partial charge in [0, 0.05) is 19.1 Å². The number of aliphatic hydroxyl groups is 1. The van der Waals surface area contributed by atoms with Gasteiger partial charge in [-0.15, -0.1) is 0 Å². The first-order valence-electron chi connectivity index (χ1n) is 12.3. The van der Waals surface area contributed by atoms with Crippen LogP contribution in [0, 0.1) is 23.7 Å². The van der Waals surface area contributed by atoms with Crippen molar-refractivity contribution in [2.75, 3.05) is 27.3 Å². The number of ketones is 4. The van der Waals surface area contributed by atoms with Crippen molar-refractivity contribution in [1.82, 2.24) is 4.90 Å². The van der Waals surface area contributed by atoms with Gasteiger partial charge in [0.2, 0.25) is 5.91 Å². The smallest absolute Gasteiger partial charge is 0.235 e. The summed E-state index contributed by atoms with van der Waals surface area (Å²) < 4.78 is 5.47. The molecular weight excluding hydrogens is 468 g/mol. The first-order chi connectivity index (χ1) is 17.0. The number of benzene rings is 1. The molecule has 1 saturated heterocycles. The number of likely N-dealkylation sites (N-methyl/N-ethyl adjacent to an activating group) is 1. The van der Waals surface area contributed by atoms with Crippen molar-refractivity contribution in [3.05, 3.63) is 28.8 Å². The molecule has 2 saturated carbocycles. The van der Waals surface area contributed by atoms with Crippen molar-refractivity contribution in [2.45, 2.75) is 43.2 Å². The van der Waals surface area contributed by atoms with Gasteiger partial charge < -0.3 is 20.7 Å². The van der Waals surface area contributed by atoms with E-state index >= 15 is 0 Å². The second-order valence-electron chi connectivity index (χ2n) is 10.7. The Morgan fingerprint density at radius 3 is 2.39 bits per heavy atom. The largest absolute Gasteiger partial charge is 0.507 e. The van der Waals surface area contributed by atoms with E-state index < -0.39 is 64.4 Å². The summed E-state index contributed by atoms with van der Waals surface area (Å²) in [6.07, 6.45) is 1.86. The lowest BCUT2D eigenvalue weighted by atomic mass is 9.52. The Morgan fingerprint density at radius 1 is 1.11 bits per heavy atom. The maximum Gasteiger partial charge on any atom is 0.235 e. The van der Waals surface area contributed by atoms with Gasteiger partial charge in [-0.1, -0.05) is 6.07 Å². The van der Waals surface area contributed by atoms with Crippen molar-refractivity contribution in [3.63, 3.8) is 0 Å². The van der Waals surface area contributed by atoms with Gasteiger partial charge in [-0.05, 0) is 68.8 Å². The van der Waals surface area contributed by atoms with Crippen LogP contribution in [0.5, 0.6) is 5.75 Å². The summed E-state index contributed by atoms with van der Waals surface area (Å²) >= 11 is 0. The molecule has 1 aromatic rings. The molecule has 36 heavy (non-hydrogen) atoms. The van der Waals surface area contributed by atoms with Crippen LogP contribution in [0.2, 0.25) is 0 Å². The monoisotopic (exact) mass is 498 g/mol. The maximum atomic E-state index is 13.8. The number of carbonyl (C=O) groups excluding carboxylic acids is 5. The number of fused-ring (bicyclic) bond motifs is 3. The Kier molecular flexibility index (Phi) is 5.89. The van der Waals surface area contributed by atoms with Crippen molar-refractivity contribution in [3.8, 4) is 5.75 Å². The summed E-state index contributed by atoms with van der Waals surface area (Å²) in [6, 6.07) is 2.15. The molecule has 10 nitrogen and oxygen atoms in total. The van der Waals surface area contributed by atoms with Crippen LogP contribution in [-0.2, 0) is 30.3 Å². The number of hydrogen-bond donors (Lipinski definition) is 3. The number of primary amides is 1. The molecular formula is C26H30N2O8. The van der Waals surface area contributed by atoms with Crippen LogP contribution < -0.4 is 5.73 Å². The van der Waals surface area contributed by atoms with E-state index in [4.69, 9.17) is 10.5 Å². The fourth-order valence-electron chi connectivity index (χ4n) is 7.02. The van der Waals surface area contributed by atoms with Crippen LogP contribution in [0.15, 0.2) is 12.1 Å². The number of aromatic hydroxyl groups is 1. The van der Waals surface area contributed by atoms with Gasteiger partial charge in [-0.2, -0.15) is 0 Å². The number of Topliss-reactive ketones (excluding diaryl/α,β-unsaturated/α-hetero) is 4. The lowest BCUT2D eigenvalue weighted by Crippen LogP contribution is -2.74. The molecule has 4 aliphatic rings. The highest BCUT2D eigenvalue weighted by atomic mass is 16.5. The average Bonchev–Trinajstić information content (AvgIpc) is 2.81. The number of ether oxygens (including phenoxy) is 1. The molecule has 0 bridgehead atoms. The molecule has 1 aliphatic heterocycles. The van der Waals surface area contributed by atoms with Crippen LogP contribution in [0.1, 0.15) is 46.7 Å². The number of nitrogens with two attached hydrogens (primary N) is 1. The first kappa shape index (κ1) is 24.7. The summed E-state index contributed by atoms with van der Waals surface area (Å²) in [5.41, 5.74) is 4.29. The quantitative estimate of drug-likeness (QED) is 0.477. The fourth-order valence-corrected chi connectivity index (χ4v) is 7.02. The van der Waals surface area contributed by atoms with Crippen molar-refractivity contribution < 1.29 is 38.9 Å². The van der Waals surface area contributed by atoms with E-state index in [9.17, 15) is 34.2 Å². The summed E-state index contributed by atoms with van der Waals surface area (Å²) in [4.78, 5) is 67.5. The predicted molar refractivity (Wildman–Crippen MR) is 124 cm³/mol. The highest BCUT2D eigenvalue weighted by Gasteiger charge is 2.69. The molecule has 192 valence electrons. The highest BCUT2D eigenvalue weighted by Crippen LogP contribution is 2.51. The zero-order valence-electron chi connectivity index (χ0n) is 20.2. The molecule has 4 N–H and O–H groups in total. The van der Waals surface area contributed by atoms with Gasteiger partial charge >= 0.3 is 0 Å². The van der Waals surface area contributed by atoms with E-state index in [1.54, 1.807) is 14.1 Å². The lowest BCUT2D eigenvalue weighted by Gasteiger charge is -2.52. The van der Waals surface area contributed by atoms with Crippen LogP contribution in [0.4, 0.5) is 0 Å². The second-order valence-corrected chi connectivity index (χ2v) is 10.7. The number of nitrogens with zero attached hydrogens (tertiary/aromatic N) is 1. The number of phenols is 1. The molecule has 3 aliphatic carbocycles. The molecule has 2 unspecified atom stereocenters. The van der Waals surface area contributed by atoms with Gasteiger partial charge in [0.15, 0.2) is 34.7 Å². The molecule has 0 aromatic heterocycles. The Morgan fingerprint density at radius 2 is 1.78 bits per heavy atom. The van der Waals surface area contributed by atoms with Gasteiger partial charge in [0.1, 0.15) is 5.75 Å². The Labute approximate surface area is 207 Å². The third-order valence-electron chi connectivity index (χ3n) is 8.64. The first-order valence-corrected chi connectivity index (χ1v) is 12.3. The minimum absolute atomic E-state index is 0.0468. The lowest BCUT2D eigenvalue weighted by molar-refractivity contribution is -0.181. The van der Waals surface area contributed by atoms with Crippen molar-refractivity contribution >= 4 is 29.0 Å². The summed E-state index contributed by atoms with van der Waals surface area (Å²) in [6.45, 7) is 1.17. The standard InChI is InChI=1S/C26H30N2O8/c1-28(2)20-15-10-12-9-14-13(11-5-7-36-8-6-11)3-4-16(29)18(14)21(30)17(12)23(32)26(15,35)24(33)19(22(20)31)25(27)34/h3-4,11-12,15,17,19-20,29,35H,5-10H2,1-2H3,(H2,27,34)/t12-,15-,17?,19?,20-,26-/m1/s1. The van der Waals surface area contributed by atoms with E-state index in [0.717, 1.165) is 18.4 Å². The zero-order valence-corrected chi connectivity index (χ0v) is 20.2. The van der Waals surface area contributed by atoms with E-state index in [0.29, 0.717) is 18.8 Å². The Balaban J connectivity index is 1.62. The highest BCUT2D eigenvalue weighted by molar-refractivity contribution is 6.32. The fraction of sp³-hybridized carbons (Fsp3) is 0.577. The number of amides is 1. The number of carbonyl (C=O) groups is 5. The maximum absolute atomic E-state index is 13.8. The number of phenolic OH excluding ortho intramolecular Hbond substituents is 1. The molecule has 3 fully saturated rings. The van der Waals surface area contributed by atoms with Gasteiger partial charge in [0.05, 0.1) is 17.5 Å². The van der Waals surface area contributed by atoms with E-state index in [1.165, 1.54) is 11.0 Å². The topological polar surface area (TPSA) is 164 Å². The van der Waals surface area contributed by atoms with E-state index in [1.807, 2.05) is 6.07 Å². The molecule has 5 rings (SSSR count). The number of rotatable bonds is 3. The normalized spacial score (nSPS) is 34.8. The molecule has 1 aromatic carbocycles. The summed E-state index contributed by atoms with van der Waals surface area (Å²) in [5.74, 6) is -10.1. The molecule has 0 radical (unpaired) electrons. The van der Waals surface area contributed by atoms with Crippen molar-refractivity contribution in [2.24, 2.45) is 29.4 Å². The zero-order chi connectivity index (χ0) is 26.1. The van der Waals surface area contributed by atoms with Crippen molar-refractivity contribution in [1.29, 1.82) is 0 Å². The molecule has 0 spiro atoms. The average molecular weight is 499 g/mol. The van der Waals surface area contributed by atoms with E-state index in [-0.39, 0.29) is 30.1 Å². The SMILES string of the molecule is CN(C)[C@H]1C(=O)C(C(N)=O)C(=O)[C@]2(O)C(=O)C3C(=O)c4c(O)ccc(C5CCOCC5)c4C[C@@H]3C[C@H]12. The van der Waals surface area contributed by atoms with Crippen LogP contribution in [0.25, 0.3) is 0 Å². The third kappa shape index (κ3) is 3.31. The Hall–Kier alpha value is -2.95. The molecule has 10 heteroatoms. The molecule has 1 heterocycles. The third-order valence-corrected chi connectivity index (χ3v) is 8.64. The van der Waals surface area contributed by atoms with Gasteiger partial charge in [-0.3, -0.25) is 28.9 Å². The van der Waals surface area contributed by atoms with Crippen LogP contribution in [-0.4, -0.2) is 83.1 Å². The van der Waals surface area contributed by atoms with E-state index in [2.05, 4.69) is 0 Å². The van der Waals surface area contributed by atoms with Gasteiger partial charge in [0.25, 0.3) is 0 Å². The van der Waals surface area contributed by atoms with Crippen LogP contribution >= 0.6 is 0 Å². The minimum Gasteiger partial charge on any atom is -0.507 e.